The average molecular weight is 559 g/mol. The van der Waals surface area contributed by atoms with Gasteiger partial charge in [-0.2, -0.15) is 0 Å². The van der Waals surface area contributed by atoms with Gasteiger partial charge in [-0.05, 0) is 50.2 Å². The van der Waals surface area contributed by atoms with Gasteiger partial charge in [0.2, 0.25) is 0 Å². The molecule has 2 heterocycles. The van der Waals surface area contributed by atoms with E-state index in [9.17, 15) is 19.5 Å². The highest BCUT2D eigenvalue weighted by molar-refractivity contribution is 6.20. The highest BCUT2D eigenvalue weighted by atomic mass is 16.5. The van der Waals surface area contributed by atoms with Crippen molar-refractivity contribution in [2.24, 2.45) is 10.4 Å². The lowest BCUT2D eigenvalue weighted by atomic mass is 9.88. The van der Waals surface area contributed by atoms with Crippen molar-refractivity contribution in [3.05, 3.63) is 84.2 Å². The zero-order chi connectivity index (χ0) is 29.6. The molecule has 4 rings (SSSR count). The van der Waals surface area contributed by atoms with Crippen LogP contribution in [-0.2, 0) is 19.1 Å². The van der Waals surface area contributed by atoms with Crippen LogP contribution in [0.1, 0.15) is 32.0 Å². The molecule has 0 bridgehead atoms. The lowest BCUT2D eigenvalue weighted by Crippen LogP contribution is -2.53. The fourth-order valence-electron chi connectivity index (χ4n) is 4.24. The van der Waals surface area contributed by atoms with Gasteiger partial charge in [-0.15, -0.1) is 0 Å². The maximum absolute atomic E-state index is 14.1. The molecular formula is C30H34N6O5. The minimum absolute atomic E-state index is 0.128. The van der Waals surface area contributed by atoms with E-state index in [1.54, 1.807) is 69.6 Å². The Hall–Kier alpha value is -4.61. The largest absolute Gasteiger partial charge is 0.465 e. The fourth-order valence-corrected chi connectivity index (χ4v) is 4.24. The van der Waals surface area contributed by atoms with Crippen LogP contribution in [0.15, 0.2) is 77.9 Å². The highest BCUT2D eigenvalue weighted by Crippen LogP contribution is 2.29. The molecule has 0 saturated heterocycles. The third-order valence-electron chi connectivity index (χ3n) is 6.58. The van der Waals surface area contributed by atoms with Gasteiger partial charge in [0.25, 0.3) is 5.91 Å². The van der Waals surface area contributed by atoms with Gasteiger partial charge in [-0.25, -0.2) is 5.32 Å². The molecule has 214 valence electrons. The molecule has 1 amide bonds. The van der Waals surface area contributed by atoms with E-state index in [2.05, 4.69) is 20.9 Å². The number of carbonyl (C=O) groups excluding carboxylic acids is 3. The van der Waals surface area contributed by atoms with Crippen LogP contribution in [-0.4, -0.2) is 66.2 Å². The maximum Gasteiger partial charge on any atom is 0.302 e. The molecule has 0 saturated carbocycles. The number of anilines is 3. The monoisotopic (exact) mass is 558 g/mol. The first-order chi connectivity index (χ1) is 19.6. The maximum atomic E-state index is 14.1. The summed E-state index contributed by atoms with van der Waals surface area (Å²) in [5.41, 5.74) is 2.39. The number of aromatic nitrogens is 1. The molecule has 1 aliphatic heterocycles. The van der Waals surface area contributed by atoms with Crippen LogP contribution in [0.3, 0.4) is 0 Å². The second-order valence-corrected chi connectivity index (χ2v) is 10.2. The van der Waals surface area contributed by atoms with Crippen molar-refractivity contribution in [3.63, 3.8) is 0 Å². The van der Waals surface area contributed by atoms with Crippen LogP contribution < -0.4 is 20.9 Å². The number of aliphatic hydroxyl groups excluding tert-OH is 1. The standard InChI is InChI=1S/C30H34N6O5/c1-19(37)41-18-30(2,3)25(38)17-36-24-14-6-5-12-22(24)26(23-13-7-8-15-32-23)34-27(28(36)39)35-29(40)33-21-11-9-10-20(16-21)31-4/h5-16,27,29,31,33,35,40H,17-18H2,1-4H3/t27-,29?/m0/s1. The van der Waals surface area contributed by atoms with Gasteiger partial charge in [-0.1, -0.05) is 30.3 Å². The minimum Gasteiger partial charge on any atom is -0.465 e. The summed E-state index contributed by atoms with van der Waals surface area (Å²) in [6.45, 7) is 4.16. The Labute approximate surface area is 238 Å². The summed E-state index contributed by atoms with van der Waals surface area (Å²) in [7, 11) is 1.78. The number of benzene rings is 2. The van der Waals surface area contributed by atoms with Crippen molar-refractivity contribution >= 4 is 40.4 Å². The molecule has 4 N–H and O–H groups in total. The van der Waals surface area contributed by atoms with E-state index in [4.69, 9.17) is 9.73 Å². The zero-order valence-electron chi connectivity index (χ0n) is 23.4. The second-order valence-electron chi connectivity index (χ2n) is 10.2. The van der Waals surface area contributed by atoms with Gasteiger partial charge in [0.05, 0.1) is 29.1 Å². The van der Waals surface area contributed by atoms with Crippen molar-refractivity contribution in [1.82, 2.24) is 10.3 Å². The number of para-hydroxylation sites is 1. The summed E-state index contributed by atoms with van der Waals surface area (Å²) < 4.78 is 5.11. The zero-order valence-corrected chi connectivity index (χ0v) is 23.4. The van der Waals surface area contributed by atoms with E-state index in [-0.39, 0.29) is 18.9 Å². The summed E-state index contributed by atoms with van der Waals surface area (Å²) in [4.78, 5) is 49.4. The number of ketones is 1. The molecule has 0 spiro atoms. The normalized spacial score (nSPS) is 15.7. The molecule has 2 atom stereocenters. The molecule has 3 aromatic rings. The summed E-state index contributed by atoms with van der Waals surface area (Å²) in [6.07, 6.45) is -1.03. The number of fused-ring (bicyclic) bond motifs is 1. The quantitative estimate of drug-likeness (QED) is 0.206. The van der Waals surface area contributed by atoms with Crippen molar-refractivity contribution in [2.45, 2.75) is 33.3 Å². The van der Waals surface area contributed by atoms with E-state index in [0.717, 1.165) is 5.69 Å². The van der Waals surface area contributed by atoms with E-state index in [0.29, 0.717) is 28.3 Å². The molecule has 41 heavy (non-hydrogen) atoms. The van der Waals surface area contributed by atoms with E-state index in [1.807, 2.05) is 24.3 Å². The Balaban J connectivity index is 1.71. The number of hydrogen-bond donors (Lipinski definition) is 4. The first-order valence-electron chi connectivity index (χ1n) is 13.1. The number of amides is 1. The highest BCUT2D eigenvalue weighted by Gasteiger charge is 2.37. The van der Waals surface area contributed by atoms with Crippen molar-refractivity contribution in [1.29, 1.82) is 0 Å². The van der Waals surface area contributed by atoms with E-state index >= 15 is 0 Å². The van der Waals surface area contributed by atoms with Gasteiger partial charge >= 0.3 is 5.97 Å². The summed E-state index contributed by atoms with van der Waals surface area (Å²) in [5, 5.41) is 19.7. The molecular weight excluding hydrogens is 524 g/mol. The number of nitrogens with zero attached hydrogens (tertiary/aromatic N) is 3. The molecule has 2 aromatic carbocycles. The summed E-state index contributed by atoms with van der Waals surface area (Å²) in [5.74, 6) is -1.36. The summed E-state index contributed by atoms with van der Waals surface area (Å²) >= 11 is 0. The van der Waals surface area contributed by atoms with E-state index in [1.165, 1.54) is 11.8 Å². The SMILES string of the molecule is CNc1cccc(NC(O)N[C@@H]2N=C(c3ccccn3)c3ccccc3N(CC(=O)C(C)(C)COC(C)=O)C2=O)c1. The number of benzodiazepines with no additional fused rings is 1. The first-order valence-corrected chi connectivity index (χ1v) is 13.1. The Kier molecular flexibility index (Phi) is 9.10. The Morgan fingerprint density at radius 2 is 1.80 bits per heavy atom. The van der Waals surface area contributed by atoms with Crippen molar-refractivity contribution in [2.75, 3.05) is 35.7 Å². The van der Waals surface area contributed by atoms with Crippen LogP contribution >= 0.6 is 0 Å². The third-order valence-corrected chi connectivity index (χ3v) is 6.58. The first kappa shape index (κ1) is 29.4. The smallest absolute Gasteiger partial charge is 0.302 e. The van der Waals surface area contributed by atoms with Gasteiger partial charge in [-0.3, -0.25) is 24.4 Å². The second kappa shape index (κ2) is 12.7. The molecule has 1 aromatic heterocycles. The van der Waals surface area contributed by atoms with Crippen LogP contribution in [0.4, 0.5) is 17.1 Å². The van der Waals surface area contributed by atoms with Crippen LogP contribution in [0.25, 0.3) is 0 Å². The molecule has 0 aliphatic carbocycles. The van der Waals surface area contributed by atoms with Gasteiger partial charge < -0.3 is 25.4 Å². The molecule has 1 unspecified atom stereocenters. The number of carbonyl (C=O) groups is 3. The number of ether oxygens (including phenoxy) is 1. The predicted octanol–water partition coefficient (Wildman–Crippen LogP) is 2.77. The molecule has 11 nitrogen and oxygen atoms in total. The number of esters is 1. The predicted molar refractivity (Wildman–Crippen MR) is 157 cm³/mol. The molecule has 1 aliphatic rings. The fraction of sp³-hybridized carbons (Fsp3) is 0.300. The number of pyridine rings is 1. The van der Waals surface area contributed by atoms with Crippen molar-refractivity contribution < 1.29 is 24.2 Å². The number of rotatable bonds is 11. The Bertz CT molecular complexity index is 1440. The van der Waals surface area contributed by atoms with Crippen molar-refractivity contribution in [3.8, 4) is 0 Å². The Morgan fingerprint density at radius 1 is 1.07 bits per heavy atom. The van der Waals surface area contributed by atoms with Crippen LogP contribution in [0, 0.1) is 5.41 Å². The lowest BCUT2D eigenvalue weighted by Gasteiger charge is -2.30. The number of nitrogens with one attached hydrogen (secondary N) is 3. The number of hydrogen-bond acceptors (Lipinski definition) is 10. The third kappa shape index (κ3) is 7.13. The molecule has 0 radical (unpaired) electrons. The number of aliphatic hydroxyl groups is 1. The number of Topliss-reactive ketones (excluding diaryl/α,β-unsaturated/α-hetero) is 1. The van der Waals surface area contributed by atoms with Crippen LogP contribution in [0.5, 0.6) is 0 Å². The number of aliphatic imine (C=N–C) groups is 1. The van der Waals surface area contributed by atoms with Crippen LogP contribution in [0.2, 0.25) is 0 Å². The molecule has 0 fully saturated rings. The lowest BCUT2D eigenvalue weighted by molar-refractivity contribution is -0.146. The molecule has 11 heteroatoms. The van der Waals surface area contributed by atoms with E-state index < -0.39 is 29.8 Å². The topological polar surface area (TPSA) is 145 Å². The van der Waals surface area contributed by atoms with Gasteiger partial charge in [0.1, 0.15) is 6.61 Å². The summed E-state index contributed by atoms with van der Waals surface area (Å²) in [6, 6.07) is 19.7. The average Bonchev–Trinajstić information content (AvgIpc) is 3.07. The minimum atomic E-state index is -1.37. The van der Waals surface area contributed by atoms with Gasteiger partial charge in [0, 0.05) is 37.1 Å². The Morgan fingerprint density at radius 3 is 2.51 bits per heavy atom. The van der Waals surface area contributed by atoms with Gasteiger partial charge in [0.15, 0.2) is 18.3 Å².